The first-order valence-corrected chi connectivity index (χ1v) is 7.45. The average Bonchev–Trinajstić information content (AvgIpc) is 2.79. The maximum absolute atomic E-state index is 11.5. The zero-order valence-electron chi connectivity index (χ0n) is 11.2. The maximum Gasteiger partial charge on any atom is 0.325 e. The molecular formula is C10H17N5O4S. The van der Waals surface area contributed by atoms with Crippen LogP contribution in [0.2, 0.25) is 0 Å². The highest BCUT2D eigenvalue weighted by Gasteiger charge is 2.09. The highest BCUT2D eigenvalue weighted by Crippen LogP contribution is 1.93. The van der Waals surface area contributed by atoms with Gasteiger partial charge < -0.3 is 15.7 Å². The number of carboxylic acids is 1. The van der Waals surface area contributed by atoms with Gasteiger partial charge in [-0.3, -0.25) is 9.00 Å². The van der Waals surface area contributed by atoms with E-state index in [1.165, 1.54) is 10.9 Å². The largest absolute Gasteiger partial charge is 0.480 e. The maximum atomic E-state index is 11.5. The Morgan fingerprint density at radius 2 is 2.20 bits per heavy atom. The Morgan fingerprint density at radius 3 is 2.80 bits per heavy atom. The topological polar surface area (TPSA) is 126 Å². The molecule has 0 aliphatic carbocycles. The molecule has 112 valence electrons. The molecule has 1 heterocycles. The summed E-state index contributed by atoms with van der Waals surface area (Å²) in [5.41, 5.74) is 0.452. The predicted molar refractivity (Wildman–Crippen MR) is 71.4 cm³/mol. The van der Waals surface area contributed by atoms with Gasteiger partial charge in [-0.25, -0.2) is 9.48 Å². The first-order chi connectivity index (χ1) is 9.38. The first kappa shape index (κ1) is 16.1. The number of rotatable bonds is 7. The van der Waals surface area contributed by atoms with E-state index in [1.807, 2.05) is 0 Å². The predicted octanol–water partition coefficient (Wildman–Crippen LogP) is -1.07. The molecule has 0 spiro atoms. The lowest BCUT2D eigenvalue weighted by atomic mass is 10.4. The number of hydrogen-bond acceptors (Lipinski definition) is 5. The Balaban J connectivity index is 2.32. The Bertz CT molecular complexity index is 504. The van der Waals surface area contributed by atoms with Crippen molar-refractivity contribution in [1.82, 2.24) is 25.6 Å². The zero-order valence-corrected chi connectivity index (χ0v) is 12.0. The molecule has 20 heavy (non-hydrogen) atoms. The second-order valence-corrected chi connectivity index (χ2v) is 5.98. The van der Waals surface area contributed by atoms with Gasteiger partial charge in [0.2, 0.25) is 0 Å². The summed E-state index contributed by atoms with van der Waals surface area (Å²) < 4.78 is 12.3. The number of nitrogens with zero attached hydrogens (tertiary/aromatic N) is 3. The SMILES string of the molecule is CC(CNC(=O)NCc1cn(CC(=O)O)nn1)S(C)=O. The van der Waals surface area contributed by atoms with Crippen molar-refractivity contribution >= 4 is 22.8 Å². The molecule has 0 bridgehead atoms. The number of aliphatic carboxylic acids is 1. The number of carbonyl (C=O) groups excluding carboxylic acids is 1. The van der Waals surface area contributed by atoms with E-state index in [2.05, 4.69) is 20.9 Å². The minimum absolute atomic E-state index is 0.128. The Labute approximate surface area is 118 Å². The van der Waals surface area contributed by atoms with Crippen molar-refractivity contribution in [3.8, 4) is 0 Å². The smallest absolute Gasteiger partial charge is 0.325 e. The van der Waals surface area contributed by atoms with Crippen LogP contribution in [-0.4, -0.2) is 54.4 Å². The van der Waals surface area contributed by atoms with Crippen LogP contribution in [0.4, 0.5) is 4.79 Å². The van der Waals surface area contributed by atoms with E-state index < -0.39 is 22.8 Å². The number of amides is 2. The molecular weight excluding hydrogens is 286 g/mol. The summed E-state index contributed by atoms with van der Waals surface area (Å²) in [5, 5.41) is 20.9. The van der Waals surface area contributed by atoms with E-state index in [1.54, 1.807) is 13.2 Å². The van der Waals surface area contributed by atoms with Crippen molar-refractivity contribution in [2.24, 2.45) is 0 Å². The molecule has 0 saturated carbocycles. The number of nitrogens with one attached hydrogen (secondary N) is 2. The molecule has 9 nitrogen and oxygen atoms in total. The van der Waals surface area contributed by atoms with Crippen LogP contribution in [0.3, 0.4) is 0 Å². The van der Waals surface area contributed by atoms with Gasteiger partial charge in [0.05, 0.1) is 12.7 Å². The van der Waals surface area contributed by atoms with E-state index in [0.29, 0.717) is 12.2 Å². The Morgan fingerprint density at radius 1 is 1.50 bits per heavy atom. The van der Waals surface area contributed by atoms with Gasteiger partial charge in [-0.15, -0.1) is 5.10 Å². The standard InChI is InChI=1S/C10H17N5O4S/c1-7(20(2)19)3-11-10(18)12-4-8-5-15(14-13-8)6-9(16)17/h5,7H,3-4,6H2,1-2H3,(H,16,17)(H2,11,12,18). The molecule has 3 N–H and O–H groups in total. The van der Waals surface area contributed by atoms with Crippen molar-refractivity contribution < 1.29 is 18.9 Å². The van der Waals surface area contributed by atoms with Crippen molar-refractivity contribution in [3.05, 3.63) is 11.9 Å². The lowest BCUT2D eigenvalue weighted by Crippen LogP contribution is -2.39. The number of carboxylic acid groups (broad SMARTS) is 1. The summed E-state index contributed by atoms with van der Waals surface area (Å²) in [6, 6.07) is -0.407. The average molecular weight is 303 g/mol. The van der Waals surface area contributed by atoms with Gasteiger partial charge in [-0.05, 0) is 6.92 Å². The number of aromatic nitrogens is 3. The third kappa shape index (κ3) is 5.78. The van der Waals surface area contributed by atoms with Gasteiger partial charge in [-0.2, -0.15) is 0 Å². The van der Waals surface area contributed by atoms with E-state index >= 15 is 0 Å². The van der Waals surface area contributed by atoms with E-state index in [4.69, 9.17) is 5.11 Å². The number of hydrogen-bond donors (Lipinski definition) is 3. The van der Waals surface area contributed by atoms with Crippen LogP contribution in [0.1, 0.15) is 12.6 Å². The normalized spacial score (nSPS) is 13.5. The van der Waals surface area contributed by atoms with Crippen LogP contribution in [0.5, 0.6) is 0 Å². The Kier molecular flexibility index (Phi) is 6.10. The highest BCUT2D eigenvalue weighted by molar-refractivity contribution is 7.84. The minimum atomic E-state index is -1.02. The quantitative estimate of drug-likeness (QED) is 0.588. The van der Waals surface area contributed by atoms with Crippen LogP contribution >= 0.6 is 0 Å². The lowest BCUT2D eigenvalue weighted by molar-refractivity contribution is -0.137. The zero-order chi connectivity index (χ0) is 15.1. The molecule has 0 saturated heterocycles. The monoisotopic (exact) mass is 303 g/mol. The number of urea groups is 1. The second kappa shape index (κ2) is 7.58. The lowest BCUT2D eigenvalue weighted by Gasteiger charge is -2.10. The van der Waals surface area contributed by atoms with E-state index in [9.17, 15) is 13.8 Å². The minimum Gasteiger partial charge on any atom is -0.480 e. The highest BCUT2D eigenvalue weighted by atomic mass is 32.2. The van der Waals surface area contributed by atoms with Gasteiger partial charge in [0.25, 0.3) is 0 Å². The molecule has 2 amide bonds. The van der Waals surface area contributed by atoms with Crippen LogP contribution < -0.4 is 10.6 Å². The van der Waals surface area contributed by atoms with Crippen molar-refractivity contribution in [2.45, 2.75) is 25.3 Å². The van der Waals surface area contributed by atoms with Gasteiger partial charge in [-0.1, -0.05) is 5.21 Å². The van der Waals surface area contributed by atoms with E-state index in [0.717, 1.165) is 0 Å². The molecule has 2 unspecified atom stereocenters. The number of carbonyl (C=O) groups is 2. The van der Waals surface area contributed by atoms with Crippen molar-refractivity contribution in [1.29, 1.82) is 0 Å². The van der Waals surface area contributed by atoms with Crippen molar-refractivity contribution in [2.75, 3.05) is 12.8 Å². The van der Waals surface area contributed by atoms with Crippen LogP contribution in [0, 0.1) is 0 Å². The second-order valence-electron chi connectivity index (χ2n) is 4.17. The molecule has 10 heteroatoms. The summed E-state index contributed by atoms with van der Waals surface area (Å²) in [7, 11) is -0.993. The summed E-state index contributed by atoms with van der Waals surface area (Å²) in [6.07, 6.45) is 3.02. The van der Waals surface area contributed by atoms with Crippen LogP contribution in [-0.2, 0) is 28.7 Å². The van der Waals surface area contributed by atoms with Gasteiger partial charge in [0.15, 0.2) is 0 Å². The summed E-state index contributed by atoms with van der Waals surface area (Å²) >= 11 is 0. The fraction of sp³-hybridized carbons (Fsp3) is 0.600. The third-order valence-electron chi connectivity index (χ3n) is 2.43. The fourth-order valence-electron chi connectivity index (χ4n) is 1.22. The molecule has 1 aromatic heterocycles. The third-order valence-corrected chi connectivity index (χ3v) is 3.73. The molecule has 1 rings (SSSR count). The van der Waals surface area contributed by atoms with Crippen molar-refractivity contribution in [3.63, 3.8) is 0 Å². The molecule has 0 fully saturated rings. The van der Waals surface area contributed by atoms with Gasteiger partial charge in [0.1, 0.15) is 12.2 Å². The molecule has 0 aliphatic heterocycles. The fourth-order valence-corrected chi connectivity index (χ4v) is 1.54. The van der Waals surface area contributed by atoms with Crippen LogP contribution in [0.15, 0.2) is 6.20 Å². The Hall–Kier alpha value is -1.97. The van der Waals surface area contributed by atoms with Gasteiger partial charge >= 0.3 is 12.0 Å². The molecule has 2 atom stereocenters. The molecule has 0 aromatic carbocycles. The summed E-state index contributed by atoms with van der Waals surface area (Å²) in [4.78, 5) is 21.9. The van der Waals surface area contributed by atoms with Gasteiger partial charge in [0, 0.05) is 28.9 Å². The first-order valence-electron chi connectivity index (χ1n) is 5.83. The molecule has 0 radical (unpaired) electrons. The van der Waals surface area contributed by atoms with E-state index in [-0.39, 0.29) is 18.3 Å². The molecule has 0 aliphatic rings. The summed E-state index contributed by atoms with van der Waals surface area (Å²) in [5.74, 6) is -1.02. The van der Waals surface area contributed by atoms with Crippen LogP contribution in [0.25, 0.3) is 0 Å². The summed E-state index contributed by atoms with van der Waals surface area (Å²) in [6.45, 7) is 1.93. The molecule has 1 aromatic rings.